The highest BCUT2D eigenvalue weighted by Crippen LogP contribution is 1.97. The number of aryl methyl sites for hydroxylation is 1. The van der Waals surface area contributed by atoms with Crippen molar-refractivity contribution in [3.05, 3.63) is 46.9 Å². The molecule has 2 N–H and O–H groups in total. The van der Waals surface area contributed by atoms with Crippen molar-refractivity contribution < 1.29 is 4.79 Å². The van der Waals surface area contributed by atoms with Crippen LogP contribution in [0.1, 0.15) is 23.8 Å². The van der Waals surface area contributed by atoms with Crippen molar-refractivity contribution >= 4 is 5.91 Å². The van der Waals surface area contributed by atoms with Crippen molar-refractivity contribution in [2.45, 2.75) is 25.9 Å². The van der Waals surface area contributed by atoms with Crippen LogP contribution in [0.4, 0.5) is 0 Å². The number of nitrogens with one attached hydrogen (secondary N) is 2. The minimum absolute atomic E-state index is 0.00886. The highest BCUT2D eigenvalue weighted by Gasteiger charge is 2.11. The minimum Gasteiger partial charge on any atom is -0.348 e. The van der Waals surface area contributed by atoms with E-state index in [1.54, 1.807) is 10.9 Å². The van der Waals surface area contributed by atoms with Crippen LogP contribution in [0, 0.1) is 0 Å². The Morgan fingerprint density at radius 1 is 1.58 bits per heavy atom. The summed E-state index contributed by atoms with van der Waals surface area (Å²) in [5.74, 6) is -0.302. The van der Waals surface area contributed by atoms with Crippen LogP contribution in [0.5, 0.6) is 0 Å². The number of carbonyl (C=O) groups excluding carboxylic acids is 1. The van der Waals surface area contributed by atoms with Crippen molar-refractivity contribution in [2.75, 3.05) is 0 Å². The van der Waals surface area contributed by atoms with E-state index in [2.05, 4.69) is 20.4 Å². The lowest BCUT2D eigenvalue weighted by Gasteiger charge is -2.13. The molecule has 2 rings (SSSR count). The molecule has 2 heterocycles. The topological polar surface area (TPSA) is 92.7 Å². The summed E-state index contributed by atoms with van der Waals surface area (Å²) in [4.78, 5) is 28.8. The van der Waals surface area contributed by atoms with Crippen LogP contribution in [-0.4, -0.2) is 31.7 Å². The van der Waals surface area contributed by atoms with Crippen molar-refractivity contribution in [1.82, 2.24) is 25.1 Å². The molecule has 2 aromatic heterocycles. The SMILES string of the molecule is C[C@H](CCn1cccn1)NC(=O)c1c[nH]c(=O)cn1. The van der Waals surface area contributed by atoms with Gasteiger partial charge in [-0.1, -0.05) is 0 Å². The Morgan fingerprint density at radius 3 is 3.05 bits per heavy atom. The average Bonchev–Trinajstić information content (AvgIpc) is 2.90. The molecular weight excluding hydrogens is 246 g/mol. The summed E-state index contributed by atoms with van der Waals surface area (Å²) < 4.78 is 1.81. The third-order valence-electron chi connectivity index (χ3n) is 2.63. The van der Waals surface area contributed by atoms with Crippen molar-refractivity contribution in [1.29, 1.82) is 0 Å². The lowest BCUT2D eigenvalue weighted by atomic mass is 10.2. The van der Waals surface area contributed by atoms with Crippen LogP contribution in [0.2, 0.25) is 0 Å². The lowest BCUT2D eigenvalue weighted by Crippen LogP contribution is -2.34. The van der Waals surface area contributed by atoms with Gasteiger partial charge in [0.1, 0.15) is 5.69 Å². The van der Waals surface area contributed by atoms with Gasteiger partial charge in [-0.2, -0.15) is 5.10 Å². The van der Waals surface area contributed by atoms with Crippen LogP contribution < -0.4 is 10.9 Å². The number of H-pyrrole nitrogens is 1. The molecule has 7 nitrogen and oxygen atoms in total. The highest BCUT2D eigenvalue weighted by atomic mass is 16.2. The normalized spacial score (nSPS) is 12.1. The zero-order valence-corrected chi connectivity index (χ0v) is 10.5. The number of nitrogens with zero attached hydrogens (tertiary/aromatic N) is 3. The van der Waals surface area contributed by atoms with Crippen molar-refractivity contribution in [2.24, 2.45) is 0 Å². The van der Waals surface area contributed by atoms with E-state index in [9.17, 15) is 9.59 Å². The summed E-state index contributed by atoms with van der Waals surface area (Å²) in [5.41, 5.74) is -0.131. The molecule has 7 heteroatoms. The van der Waals surface area contributed by atoms with Gasteiger partial charge >= 0.3 is 0 Å². The Hall–Kier alpha value is -2.44. The second-order valence-electron chi connectivity index (χ2n) is 4.23. The molecule has 0 fully saturated rings. The van der Waals surface area contributed by atoms with Gasteiger partial charge in [0.2, 0.25) is 0 Å². The van der Waals surface area contributed by atoms with E-state index in [0.717, 1.165) is 19.2 Å². The van der Waals surface area contributed by atoms with Gasteiger partial charge in [-0.15, -0.1) is 0 Å². The first-order valence-corrected chi connectivity index (χ1v) is 5.98. The fourth-order valence-electron chi connectivity index (χ4n) is 1.59. The molecule has 0 aliphatic heterocycles. The number of rotatable bonds is 5. The molecule has 0 aliphatic rings. The summed E-state index contributed by atoms with van der Waals surface area (Å²) in [6.07, 6.45) is 6.74. The molecule has 0 saturated carbocycles. The maximum atomic E-state index is 11.8. The van der Waals surface area contributed by atoms with E-state index >= 15 is 0 Å². The second kappa shape index (κ2) is 5.94. The molecule has 0 bridgehead atoms. The third-order valence-corrected chi connectivity index (χ3v) is 2.63. The summed E-state index contributed by atoms with van der Waals surface area (Å²) >= 11 is 0. The van der Waals surface area contributed by atoms with E-state index < -0.39 is 0 Å². The van der Waals surface area contributed by atoms with E-state index in [1.807, 2.05) is 19.2 Å². The first-order chi connectivity index (χ1) is 9.15. The van der Waals surface area contributed by atoms with E-state index in [1.165, 1.54) is 6.20 Å². The monoisotopic (exact) mass is 261 g/mol. The molecule has 2 aromatic rings. The number of amides is 1. The summed E-state index contributed by atoms with van der Waals surface area (Å²) in [6, 6.07) is 1.85. The maximum absolute atomic E-state index is 11.8. The zero-order chi connectivity index (χ0) is 13.7. The van der Waals surface area contributed by atoms with Crippen molar-refractivity contribution in [3.8, 4) is 0 Å². The number of aromatic nitrogens is 4. The molecule has 1 atom stereocenters. The molecule has 0 saturated heterocycles. The summed E-state index contributed by atoms with van der Waals surface area (Å²) in [7, 11) is 0. The quantitative estimate of drug-likeness (QED) is 0.802. The van der Waals surface area contributed by atoms with Gasteiger partial charge in [0.15, 0.2) is 0 Å². The highest BCUT2D eigenvalue weighted by molar-refractivity contribution is 5.92. The average molecular weight is 261 g/mol. The maximum Gasteiger partial charge on any atom is 0.271 e. The Kier molecular flexibility index (Phi) is 4.07. The second-order valence-corrected chi connectivity index (χ2v) is 4.23. The smallest absolute Gasteiger partial charge is 0.271 e. The Morgan fingerprint density at radius 2 is 2.42 bits per heavy atom. The number of carbonyl (C=O) groups is 1. The van der Waals surface area contributed by atoms with Gasteiger partial charge in [0.05, 0.1) is 6.20 Å². The largest absolute Gasteiger partial charge is 0.348 e. The van der Waals surface area contributed by atoms with Gasteiger partial charge in [-0.05, 0) is 19.4 Å². The minimum atomic E-state index is -0.330. The molecule has 0 radical (unpaired) electrons. The predicted octanol–water partition coefficient (Wildman–Crippen LogP) is 0.175. The first kappa shape index (κ1) is 13.0. The van der Waals surface area contributed by atoms with Crippen molar-refractivity contribution in [3.63, 3.8) is 0 Å². The van der Waals surface area contributed by atoms with Crippen LogP contribution in [0.3, 0.4) is 0 Å². The summed E-state index contributed by atoms with van der Waals surface area (Å²) in [5, 5.41) is 6.90. The van der Waals surface area contributed by atoms with Gasteiger partial charge in [0, 0.05) is 31.2 Å². The van der Waals surface area contributed by atoms with Crippen LogP contribution in [-0.2, 0) is 6.54 Å². The molecule has 19 heavy (non-hydrogen) atoms. The number of hydrogen-bond donors (Lipinski definition) is 2. The van der Waals surface area contributed by atoms with Crippen LogP contribution in [0.25, 0.3) is 0 Å². The van der Waals surface area contributed by atoms with Crippen LogP contribution >= 0.6 is 0 Å². The van der Waals surface area contributed by atoms with Gasteiger partial charge < -0.3 is 10.3 Å². The number of aromatic amines is 1. The fourth-order valence-corrected chi connectivity index (χ4v) is 1.59. The number of hydrogen-bond acceptors (Lipinski definition) is 4. The molecule has 0 aliphatic carbocycles. The Balaban J connectivity index is 1.84. The molecule has 0 aromatic carbocycles. The molecular formula is C12H15N5O2. The standard InChI is InChI=1S/C12H15N5O2/c1-9(3-6-17-5-2-4-15-17)16-12(19)10-7-14-11(18)8-13-10/h2,4-5,7-9H,3,6H2,1H3,(H,14,18)(H,16,19)/t9-/m1/s1. The fraction of sp³-hybridized carbons (Fsp3) is 0.333. The Labute approximate surface area is 109 Å². The molecule has 0 spiro atoms. The van der Waals surface area contributed by atoms with Gasteiger partial charge in [-0.25, -0.2) is 4.98 Å². The van der Waals surface area contributed by atoms with Gasteiger partial charge in [0.25, 0.3) is 11.5 Å². The van der Waals surface area contributed by atoms with E-state index in [4.69, 9.17) is 0 Å². The van der Waals surface area contributed by atoms with Gasteiger partial charge in [-0.3, -0.25) is 14.3 Å². The first-order valence-electron chi connectivity index (χ1n) is 5.98. The van der Waals surface area contributed by atoms with Crippen LogP contribution in [0.15, 0.2) is 35.6 Å². The molecule has 1 amide bonds. The van der Waals surface area contributed by atoms with E-state index in [0.29, 0.717) is 0 Å². The Bertz CT molecular complexity index is 570. The molecule has 0 unspecified atom stereocenters. The lowest BCUT2D eigenvalue weighted by molar-refractivity contribution is 0.0932. The third kappa shape index (κ3) is 3.77. The molecule has 100 valence electrons. The predicted molar refractivity (Wildman–Crippen MR) is 68.6 cm³/mol. The van der Waals surface area contributed by atoms with E-state index in [-0.39, 0.29) is 23.2 Å². The zero-order valence-electron chi connectivity index (χ0n) is 10.5. The summed E-state index contributed by atoms with van der Waals surface area (Å²) in [6.45, 7) is 2.64.